The molecule has 0 aliphatic heterocycles. The molecule has 1 aromatic heterocycles. The predicted octanol–water partition coefficient (Wildman–Crippen LogP) is 2.19. The highest BCUT2D eigenvalue weighted by molar-refractivity contribution is 5.75. The van der Waals surface area contributed by atoms with E-state index in [1.54, 1.807) is 38.4 Å². The highest BCUT2D eigenvalue weighted by atomic mass is 19.1. The zero-order valence-electron chi connectivity index (χ0n) is 16.0. The number of halogens is 1. The first-order chi connectivity index (χ1) is 14.0. The Balaban J connectivity index is 1.53. The number of hydrogen-bond donors (Lipinski definition) is 0. The van der Waals surface area contributed by atoms with Gasteiger partial charge in [0.1, 0.15) is 30.5 Å². The molecule has 1 amide bonds. The number of carbonyl (C=O) groups excluding carboxylic acids is 1. The minimum atomic E-state index is -0.763. The van der Waals surface area contributed by atoms with E-state index in [4.69, 9.17) is 13.9 Å². The monoisotopic (exact) mass is 401 g/mol. The van der Waals surface area contributed by atoms with Crippen molar-refractivity contribution < 1.29 is 23.1 Å². The fraction of sp³-hybridized carbons (Fsp3) is 0.250. The predicted molar refractivity (Wildman–Crippen MR) is 102 cm³/mol. The Bertz CT molecular complexity index is 1010. The third-order valence-electron chi connectivity index (χ3n) is 4.16. The lowest BCUT2D eigenvalue weighted by Crippen LogP contribution is -2.35. The standard InChI is InChI=1S/C20H20FN3O5/c1-23(11-12-28-17-9-7-16(27-2)8-10-17)18(25)13-24-20(26)29-19(22-24)14-3-5-15(21)6-4-14/h3-10H,11-13H2,1-2H3. The molecule has 0 N–H and O–H groups in total. The summed E-state index contributed by atoms with van der Waals surface area (Å²) in [6.45, 7) is 0.327. The summed E-state index contributed by atoms with van der Waals surface area (Å²) in [7, 11) is 3.19. The van der Waals surface area contributed by atoms with Crippen LogP contribution in [0.2, 0.25) is 0 Å². The van der Waals surface area contributed by atoms with Crippen molar-refractivity contribution in [1.29, 1.82) is 0 Å². The van der Waals surface area contributed by atoms with Crippen LogP contribution in [0.5, 0.6) is 11.5 Å². The molecular weight excluding hydrogens is 381 g/mol. The van der Waals surface area contributed by atoms with Crippen LogP contribution in [0.1, 0.15) is 0 Å². The first-order valence-corrected chi connectivity index (χ1v) is 8.81. The molecule has 0 saturated heterocycles. The summed E-state index contributed by atoms with van der Waals surface area (Å²) in [5.74, 6) is -0.103. The summed E-state index contributed by atoms with van der Waals surface area (Å²) in [4.78, 5) is 25.7. The highest BCUT2D eigenvalue weighted by Crippen LogP contribution is 2.17. The van der Waals surface area contributed by atoms with Crippen molar-refractivity contribution in [2.24, 2.45) is 0 Å². The zero-order chi connectivity index (χ0) is 20.8. The summed E-state index contributed by atoms with van der Waals surface area (Å²) in [5, 5.41) is 4.00. The van der Waals surface area contributed by atoms with E-state index in [9.17, 15) is 14.0 Å². The molecule has 1 heterocycles. The number of rotatable bonds is 8. The van der Waals surface area contributed by atoms with Crippen LogP contribution in [-0.4, -0.2) is 47.9 Å². The summed E-state index contributed by atoms with van der Waals surface area (Å²) in [5.41, 5.74) is 0.441. The fourth-order valence-corrected chi connectivity index (χ4v) is 2.46. The Morgan fingerprint density at radius 1 is 1.14 bits per heavy atom. The van der Waals surface area contributed by atoms with Crippen LogP contribution in [0.25, 0.3) is 11.5 Å². The average Bonchev–Trinajstić information content (AvgIpc) is 3.09. The van der Waals surface area contributed by atoms with Gasteiger partial charge in [0.15, 0.2) is 0 Å². The normalized spacial score (nSPS) is 10.6. The Hall–Kier alpha value is -3.62. The van der Waals surface area contributed by atoms with Crippen molar-refractivity contribution in [3.05, 3.63) is 64.9 Å². The van der Waals surface area contributed by atoms with Gasteiger partial charge in [-0.3, -0.25) is 4.79 Å². The molecule has 0 spiro atoms. The van der Waals surface area contributed by atoms with Crippen LogP contribution < -0.4 is 15.2 Å². The molecule has 0 atom stereocenters. The molecule has 8 nitrogen and oxygen atoms in total. The maximum absolute atomic E-state index is 13.0. The van der Waals surface area contributed by atoms with E-state index in [0.717, 1.165) is 10.4 Å². The Labute approximate surface area is 166 Å². The third kappa shape index (κ3) is 5.22. The second-order valence-electron chi connectivity index (χ2n) is 6.18. The number of likely N-dealkylation sites (N-methyl/N-ethyl adjacent to an activating group) is 1. The van der Waals surface area contributed by atoms with Gasteiger partial charge in [-0.15, -0.1) is 5.10 Å². The van der Waals surface area contributed by atoms with Crippen molar-refractivity contribution in [1.82, 2.24) is 14.7 Å². The number of benzene rings is 2. The molecular formula is C20H20FN3O5. The summed E-state index contributed by atoms with van der Waals surface area (Å²) < 4.78 is 29.7. The quantitative estimate of drug-likeness (QED) is 0.575. The lowest BCUT2D eigenvalue weighted by atomic mass is 10.2. The molecule has 2 aromatic carbocycles. The van der Waals surface area contributed by atoms with E-state index < -0.39 is 11.6 Å². The van der Waals surface area contributed by atoms with E-state index in [2.05, 4.69) is 5.10 Å². The first kappa shape index (κ1) is 20.1. The van der Waals surface area contributed by atoms with E-state index >= 15 is 0 Å². The number of carbonyl (C=O) groups is 1. The number of amides is 1. The van der Waals surface area contributed by atoms with Gasteiger partial charge in [0, 0.05) is 12.6 Å². The zero-order valence-corrected chi connectivity index (χ0v) is 16.0. The molecule has 9 heteroatoms. The van der Waals surface area contributed by atoms with Crippen LogP contribution >= 0.6 is 0 Å². The second kappa shape index (κ2) is 9.05. The van der Waals surface area contributed by atoms with Crippen molar-refractivity contribution in [3.63, 3.8) is 0 Å². The van der Waals surface area contributed by atoms with E-state index in [1.807, 2.05) is 0 Å². The number of nitrogens with zero attached hydrogens (tertiary/aromatic N) is 3. The maximum atomic E-state index is 13.0. The number of ether oxygens (including phenoxy) is 2. The maximum Gasteiger partial charge on any atom is 0.437 e. The van der Waals surface area contributed by atoms with Gasteiger partial charge >= 0.3 is 5.76 Å². The topological polar surface area (TPSA) is 86.8 Å². The smallest absolute Gasteiger partial charge is 0.437 e. The van der Waals surface area contributed by atoms with Crippen LogP contribution in [0, 0.1) is 5.82 Å². The molecule has 152 valence electrons. The largest absolute Gasteiger partial charge is 0.497 e. The molecule has 0 aliphatic carbocycles. The SMILES string of the molecule is COc1ccc(OCCN(C)C(=O)Cn2nc(-c3ccc(F)cc3)oc2=O)cc1. The van der Waals surface area contributed by atoms with E-state index in [-0.39, 0.29) is 24.9 Å². The summed E-state index contributed by atoms with van der Waals surface area (Å²) in [6.07, 6.45) is 0. The van der Waals surface area contributed by atoms with Crippen molar-refractivity contribution >= 4 is 5.91 Å². The Kier molecular flexibility index (Phi) is 6.28. The van der Waals surface area contributed by atoms with E-state index in [0.29, 0.717) is 17.9 Å². The number of methoxy groups -OCH3 is 1. The van der Waals surface area contributed by atoms with Crippen molar-refractivity contribution in [2.75, 3.05) is 27.3 Å². The summed E-state index contributed by atoms with van der Waals surface area (Å²) >= 11 is 0. The number of hydrogen-bond acceptors (Lipinski definition) is 6. The van der Waals surface area contributed by atoms with Crippen LogP contribution in [0.15, 0.2) is 57.7 Å². The van der Waals surface area contributed by atoms with E-state index in [1.165, 1.54) is 29.2 Å². The molecule has 3 aromatic rings. The fourth-order valence-electron chi connectivity index (χ4n) is 2.46. The van der Waals surface area contributed by atoms with Gasteiger partial charge in [0.25, 0.3) is 0 Å². The molecule has 0 fully saturated rings. The molecule has 3 rings (SSSR count). The van der Waals surface area contributed by atoms with Crippen LogP contribution in [-0.2, 0) is 11.3 Å². The Morgan fingerprint density at radius 2 is 1.79 bits per heavy atom. The molecule has 0 radical (unpaired) electrons. The lowest BCUT2D eigenvalue weighted by molar-refractivity contribution is -0.131. The van der Waals surface area contributed by atoms with Crippen molar-refractivity contribution in [3.8, 4) is 23.0 Å². The van der Waals surface area contributed by atoms with Gasteiger partial charge in [0.2, 0.25) is 11.8 Å². The first-order valence-electron chi connectivity index (χ1n) is 8.81. The molecule has 0 saturated carbocycles. The third-order valence-corrected chi connectivity index (χ3v) is 4.16. The van der Waals surface area contributed by atoms with Crippen molar-refractivity contribution in [2.45, 2.75) is 6.54 Å². The molecule has 29 heavy (non-hydrogen) atoms. The second-order valence-corrected chi connectivity index (χ2v) is 6.18. The molecule has 0 bridgehead atoms. The minimum Gasteiger partial charge on any atom is -0.497 e. The van der Waals surface area contributed by atoms with Gasteiger partial charge < -0.3 is 18.8 Å². The van der Waals surface area contributed by atoms with Gasteiger partial charge in [-0.05, 0) is 48.5 Å². The lowest BCUT2D eigenvalue weighted by Gasteiger charge is -2.17. The number of aromatic nitrogens is 2. The summed E-state index contributed by atoms with van der Waals surface area (Å²) in [6, 6.07) is 12.4. The Morgan fingerprint density at radius 3 is 2.45 bits per heavy atom. The van der Waals surface area contributed by atoms with Crippen LogP contribution in [0.4, 0.5) is 4.39 Å². The molecule has 0 unspecified atom stereocenters. The van der Waals surface area contributed by atoms with Crippen LogP contribution in [0.3, 0.4) is 0 Å². The minimum absolute atomic E-state index is 0.0216. The van der Waals surface area contributed by atoms with Gasteiger partial charge in [-0.25, -0.2) is 9.18 Å². The van der Waals surface area contributed by atoms with Gasteiger partial charge in [-0.2, -0.15) is 4.68 Å². The molecule has 0 aliphatic rings. The van der Waals surface area contributed by atoms with Gasteiger partial charge in [0.05, 0.1) is 13.7 Å². The highest BCUT2D eigenvalue weighted by Gasteiger charge is 2.16. The van der Waals surface area contributed by atoms with Gasteiger partial charge in [-0.1, -0.05) is 0 Å². The average molecular weight is 401 g/mol.